The summed E-state index contributed by atoms with van der Waals surface area (Å²) >= 11 is 0. The summed E-state index contributed by atoms with van der Waals surface area (Å²) < 4.78 is 0. The molecule has 0 radical (unpaired) electrons. The molecule has 1 fully saturated rings. The summed E-state index contributed by atoms with van der Waals surface area (Å²) in [5.41, 5.74) is 1.56. The number of hydrogen-bond donors (Lipinski definition) is 0. The van der Waals surface area contributed by atoms with Gasteiger partial charge in [0.15, 0.2) is 0 Å². The highest BCUT2D eigenvalue weighted by molar-refractivity contribution is 7.79. The average Bonchev–Trinajstić information content (AvgIpc) is 2.80. The number of rotatable bonds is 4. The topological polar surface area (TPSA) is 0 Å². The second-order valence-electron chi connectivity index (χ2n) is 8.35. The van der Waals surface area contributed by atoms with Crippen LogP contribution in [-0.4, -0.2) is 0 Å². The Morgan fingerprint density at radius 2 is 0.862 bits per heavy atom. The molecular formula is C28H33P. The van der Waals surface area contributed by atoms with E-state index in [0.717, 1.165) is 5.92 Å². The van der Waals surface area contributed by atoms with Crippen LogP contribution in [0.1, 0.15) is 69.3 Å². The summed E-state index contributed by atoms with van der Waals surface area (Å²) in [4.78, 5) is 0. The van der Waals surface area contributed by atoms with Gasteiger partial charge in [-0.15, -0.1) is 0 Å². The molecule has 0 heterocycles. The van der Waals surface area contributed by atoms with Crippen LogP contribution in [0.25, 0.3) is 0 Å². The van der Waals surface area contributed by atoms with Crippen LogP contribution in [0.15, 0.2) is 84.9 Å². The molecule has 0 unspecified atom stereocenters. The fourth-order valence-corrected chi connectivity index (χ4v) is 6.92. The van der Waals surface area contributed by atoms with E-state index in [4.69, 9.17) is 0 Å². The first-order valence-corrected chi connectivity index (χ1v) is 12.8. The first-order chi connectivity index (χ1) is 14.4. The van der Waals surface area contributed by atoms with Crippen molar-refractivity contribution in [2.45, 2.75) is 63.7 Å². The summed E-state index contributed by atoms with van der Waals surface area (Å²) in [6.45, 7) is 0. The zero-order valence-electron chi connectivity index (χ0n) is 17.5. The van der Waals surface area contributed by atoms with Gasteiger partial charge in [-0.05, 0) is 48.2 Å². The summed E-state index contributed by atoms with van der Waals surface area (Å²) in [5, 5.41) is 4.32. The van der Waals surface area contributed by atoms with E-state index in [0.29, 0.717) is 0 Å². The highest BCUT2D eigenvalue weighted by Gasteiger charge is 2.17. The molecule has 3 aromatic carbocycles. The van der Waals surface area contributed by atoms with Gasteiger partial charge in [0, 0.05) is 0 Å². The van der Waals surface area contributed by atoms with E-state index in [1.165, 1.54) is 73.7 Å². The lowest BCUT2D eigenvalue weighted by Gasteiger charge is -2.22. The van der Waals surface area contributed by atoms with Crippen LogP contribution in [0.4, 0.5) is 0 Å². The smallest absolute Gasteiger partial charge is 0.0134 e. The Kier molecular flexibility index (Phi) is 7.55. The van der Waals surface area contributed by atoms with Crippen molar-refractivity contribution in [1.29, 1.82) is 0 Å². The predicted molar refractivity (Wildman–Crippen MR) is 129 cm³/mol. The van der Waals surface area contributed by atoms with E-state index in [-0.39, 0.29) is 0 Å². The average molecular weight is 401 g/mol. The van der Waals surface area contributed by atoms with Gasteiger partial charge in [-0.1, -0.05) is 130 Å². The maximum absolute atomic E-state index is 2.44. The van der Waals surface area contributed by atoms with Gasteiger partial charge in [0.1, 0.15) is 0 Å². The van der Waals surface area contributed by atoms with Crippen LogP contribution >= 0.6 is 7.92 Å². The van der Waals surface area contributed by atoms with E-state index in [9.17, 15) is 0 Å². The molecule has 0 nitrogen and oxygen atoms in total. The summed E-state index contributed by atoms with van der Waals surface area (Å²) in [7, 11) is -0.493. The molecule has 0 amide bonds. The standard InChI is InChI=1S/C28H33P/c1-2-4-8-14-24(15-9-5-3-1)25-20-22-28(23-21-25)29(26-16-10-6-11-17-26)27-18-12-7-13-19-27/h6-7,10-13,16-24H,1-5,8-9,14-15H2. The van der Waals surface area contributed by atoms with E-state index in [1.807, 2.05) is 0 Å². The summed E-state index contributed by atoms with van der Waals surface area (Å²) in [5.74, 6) is 0.752. The fraction of sp³-hybridized carbons (Fsp3) is 0.357. The lowest BCUT2D eigenvalue weighted by atomic mass is 9.87. The molecule has 1 aliphatic carbocycles. The number of benzene rings is 3. The monoisotopic (exact) mass is 400 g/mol. The van der Waals surface area contributed by atoms with Gasteiger partial charge in [-0.3, -0.25) is 0 Å². The zero-order valence-corrected chi connectivity index (χ0v) is 18.4. The van der Waals surface area contributed by atoms with Crippen molar-refractivity contribution >= 4 is 23.8 Å². The SMILES string of the molecule is c1ccc(P(c2ccccc2)c2ccc(C3CCCCCCCCC3)cc2)cc1. The molecule has 1 heteroatoms. The van der Waals surface area contributed by atoms with E-state index < -0.39 is 7.92 Å². The van der Waals surface area contributed by atoms with Crippen LogP contribution in [0.3, 0.4) is 0 Å². The minimum absolute atomic E-state index is 0.493. The first kappa shape index (κ1) is 20.4. The molecule has 29 heavy (non-hydrogen) atoms. The van der Waals surface area contributed by atoms with Gasteiger partial charge in [-0.2, -0.15) is 0 Å². The third kappa shape index (κ3) is 5.58. The molecule has 0 aromatic heterocycles. The molecule has 0 N–H and O–H groups in total. The molecule has 4 rings (SSSR count). The summed E-state index contributed by atoms with van der Waals surface area (Å²) in [6.07, 6.45) is 12.7. The Hall–Kier alpha value is -1.91. The molecule has 0 bridgehead atoms. The van der Waals surface area contributed by atoms with Crippen LogP contribution in [-0.2, 0) is 0 Å². The number of hydrogen-bond acceptors (Lipinski definition) is 0. The molecule has 0 spiro atoms. The van der Waals surface area contributed by atoms with Crippen molar-refractivity contribution < 1.29 is 0 Å². The Bertz CT molecular complexity index is 789. The van der Waals surface area contributed by atoms with Crippen molar-refractivity contribution in [2.75, 3.05) is 0 Å². The van der Waals surface area contributed by atoms with Crippen molar-refractivity contribution in [1.82, 2.24) is 0 Å². The maximum Gasteiger partial charge on any atom is -0.0134 e. The van der Waals surface area contributed by atoms with Gasteiger partial charge in [0.05, 0.1) is 0 Å². The van der Waals surface area contributed by atoms with Crippen molar-refractivity contribution in [2.24, 2.45) is 0 Å². The normalized spacial score (nSPS) is 16.6. The molecule has 0 aliphatic heterocycles. The molecule has 1 aliphatic rings. The molecule has 150 valence electrons. The second-order valence-corrected chi connectivity index (χ2v) is 10.6. The van der Waals surface area contributed by atoms with Gasteiger partial charge in [-0.25, -0.2) is 0 Å². The minimum atomic E-state index is -0.493. The lowest BCUT2D eigenvalue weighted by Crippen LogP contribution is -2.20. The molecule has 0 saturated heterocycles. The quantitative estimate of drug-likeness (QED) is 0.412. The van der Waals surface area contributed by atoms with E-state index in [1.54, 1.807) is 5.56 Å². The highest BCUT2D eigenvalue weighted by Crippen LogP contribution is 2.34. The van der Waals surface area contributed by atoms with Crippen LogP contribution < -0.4 is 15.9 Å². The van der Waals surface area contributed by atoms with Gasteiger partial charge < -0.3 is 0 Å². The van der Waals surface area contributed by atoms with E-state index in [2.05, 4.69) is 84.9 Å². The van der Waals surface area contributed by atoms with Crippen LogP contribution in [0, 0.1) is 0 Å². The van der Waals surface area contributed by atoms with Crippen LogP contribution in [0.5, 0.6) is 0 Å². The predicted octanol–water partition coefficient (Wildman–Crippen LogP) is 7.05. The van der Waals surface area contributed by atoms with Crippen molar-refractivity contribution in [3.63, 3.8) is 0 Å². The van der Waals surface area contributed by atoms with Crippen molar-refractivity contribution in [3.05, 3.63) is 90.5 Å². The Labute approximate surface area is 178 Å². The van der Waals surface area contributed by atoms with Crippen LogP contribution in [0.2, 0.25) is 0 Å². The third-order valence-corrected chi connectivity index (χ3v) is 8.70. The largest absolute Gasteiger partial charge is 0.0622 e. The molecule has 3 aromatic rings. The highest BCUT2D eigenvalue weighted by atomic mass is 31.1. The third-order valence-electron chi connectivity index (χ3n) is 6.26. The molecule has 0 atom stereocenters. The maximum atomic E-state index is 2.44. The summed E-state index contributed by atoms with van der Waals surface area (Å²) in [6, 6.07) is 31.8. The zero-order chi connectivity index (χ0) is 19.7. The lowest BCUT2D eigenvalue weighted by molar-refractivity contribution is 0.463. The minimum Gasteiger partial charge on any atom is -0.0622 e. The first-order valence-electron chi connectivity index (χ1n) is 11.4. The molecule has 1 saturated carbocycles. The van der Waals surface area contributed by atoms with Gasteiger partial charge >= 0.3 is 0 Å². The van der Waals surface area contributed by atoms with E-state index >= 15 is 0 Å². The Morgan fingerprint density at radius 3 is 1.34 bits per heavy atom. The Morgan fingerprint density at radius 1 is 0.448 bits per heavy atom. The second kappa shape index (κ2) is 10.7. The van der Waals surface area contributed by atoms with Crippen molar-refractivity contribution in [3.8, 4) is 0 Å². The fourth-order valence-electron chi connectivity index (χ4n) is 4.64. The molecular weight excluding hydrogens is 367 g/mol. The van der Waals surface area contributed by atoms with Gasteiger partial charge in [0.2, 0.25) is 0 Å². The van der Waals surface area contributed by atoms with Gasteiger partial charge in [0.25, 0.3) is 0 Å². The Balaban J connectivity index is 1.58.